The monoisotopic (exact) mass is 543 g/mol. The topological polar surface area (TPSA) is 151 Å². The number of aromatic nitrogens is 7. The normalized spacial score (nSPS) is 16.1. The van der Waals surface area contributed by atoms with E-state index in [4.69, 9.17) is 30.1 Å². The molecule has 12 heteroatoms. The molecule has 0 aromatic carbocycles. The maximum Gasteiger partial charge on any atom is 0.410 e. The van der Waals surface area contributed by atoms with Crippen molar-refractivity contribution in [2.45, 2.75) is 71.4 Å². The summed E-state index contributed by atoms with van der Waals surface area (Å²) in [5.41, 5.74) is 9.60. The van der Waals surface area contributed by atoms with Crippen molar-refractivity contribution in [3.05, 3.63) is 36.1 Å². The second-order valence-corrected chi connectivity index (χ2v) is 12.3. The Kier molecular flexibility index (Phi) is 5.90. The fourth-order valence-electron chi connectivity index (χ4n) is 4.77. The van der Waals surface area contributed by atoms with Crippen LogP contribution in [0.3, 0.4) is 0 Å². The quantitative estimate of drug-likeness (QED) is 0.380. The van der Waals surface area contributed by atoms with Crippen molar-refractivity contribution in [3.63, 3.8) is 0 Å². The standard InChI is InChI=1S/C28H33N9O3/c1-27(2,3)37-25-19(23(29)32-14-33-25)20(34-37)21-18(22(40-35-21)15-7-8-15)24-30-11-17(12-31-24)16-9-10-36(13-16)26(38)39-28(4,5)6/h9,11-12,14-15H,7-8,10,13H2,1-6H3,(H2,29,32,33). The molecule has 1 amide bonds. The molecule has 2 N–H and O–H groups in total. The van der Waals surface area contributed by atoms with Crippen molar-refractivity contribution in [3.8, 4) is 22.8 Å². The summed E-state index contributed by atoms with van der Waals surface area (Å²) in [5.74, 6) is 1.80. The van der Waals surface area contributed by atoms with E-state index in [0.717, 1.165) is 29.7 Å². The van der Waals surface area contributed by atoms with Crippen LogP contribution in [0.2, 0.25) is 0 Å². The molecule has 12 nitrogen and oxygen atoms in total. The highest BCUT2D eigenvalue weighted by Crippen LogP contribution is 2.48. The molecule has 1 saturated carbocycles. The minimum absolute atomic E-state index is 0.254. The van der Waals surface area contributed by atoms with Gasteiger partial charge in [0.25, 0.3) is 0 Å². The first-order chi connectivity index (χ1) is 18.9. The summed E-state index contributed by atoms with van der Waals surface area (Å²) in [5, 5.41) is 9.97. The molecule has 0 atom stereocenters. The van der Waals surface area contributed by atoms with Gasteiger partial charge in [-0.1, -0.05) is 11.2 Å². The lowest BCUT2D eigenvalue weighted by Crippen LogP contribution is -2.35. The molecule has 0 spiro atoms. The van der Waals surface area contributed by atoms with E-state index in [1.54, 1.807) is 17.3 Å². The van der Waals surface area contributed by atoms with Gasteiger partial charge in [0.1, 0.15) is 29.1 Å². The number of hydrogen-bond donors (Lipinski definition) is 1. The molecule has 0 bridgehead atoms. The van der Waals surface area contributed by atoms with Crippen LogP contribution in [0.5, 0.6) is 0 Å². The number of rotatable bonds is 4. The molecule has 1 aliphatic heterocycles. The third kappa shape index (κ3) is 4.67. The van der Waals surface area contributed by atoms with Gasteiger partial charge >= 0.3 is 6.09 Å². The van der Waals surface area contributed by atoms with Crippen molar-refractivity contribution in [2.24, 2.45) is 0 Å². The van der Waals surface area contributed by atoms with Crippen LogP contribution in [0.1, 0.15) is 71.6 Å². The van der Waals surface area contributed by atoms with Gasteiger partial charge in [-0.05, 0) is 60.0 Å². The van der Waals surface area contributed by atoms with Crippen molar-refractivity contribution in [1.82, 2.24) is 39.8 Å². The van der Waals surface area contributed by atoms with Crippen LogP contribution < -0.4 is 5.73 Å². The molecule has 2 aliphatic rings. The van der Waals surface area contributed by atoms with Crippen molar-refractivity contribution >= 4 is 28.5 Å². The number of nitrogen functional groups attached to an aromatic ring is 1. The van der Waals surface area contributed by atoms with E-state index in [1.165, 1.54) is 6.33 Å². The number of carbonyl (C=O) groups excluding carboxylic acids is 1. The number of anilines is 1. The lowest BCUT2D eigenvalue weighted by atomic mass is 10.1. The van der Waals surface area contributed by atoms with Crippen LogP contribution in [-0.2, 0) is 10.3 Å². The number of ether oxygens (including phenoxy) is 1. The number of hydrogen-bond acceptors (Lipinski definition) is 10. The minimum Gasteiger partial charge on any atom is -0.444 e. The van der Waals surface area contributed by atoms with Crippen molar-refractivity contribution in [1.29, 1.82) is 0 Å². The summed E-state index contributed by atoms with van der Waals surface area (Å²) in [6.07, 6.45) is 8.65. The van der Waals surface area contributed by atoms with Crippen molar-refractivity contribution < 1.29 is 14.1 Å². The van der Waals surface area contributed by atoms with E-state index in [9.17, 15) is 4.79 Å². The van der Waals surface area contributed by atoms with E-state index in [0.29, 0.717) is 52.7 Å². The van der Waals surface area contributed by atoms with Gasteiger partial charge in [-0.3, -0.25) is 0 Å². The molecule has 1 aliphatic carbocycles. The first-order valence-electron chi connectivity index (χ1n) is 13.4. The van der Waals surface area contributed by atoms with Gasteiger partial charge in [-0.15, -0.1) is 0 Å². The lowest BCUT2D eigenvalue weighted by Gasteiger charge is -2.24. The molecule has 0 saturated heterocycles. The summed E-state index contributed by atoms with van der Waals surface area (Å²) in [6.45, 7) is 12.6. The van der Waals surface area contributed by atoms with Crippen LogP contribution in [0, 0.1) is 0 Å². The van der Waals surface area contributed by atoms with E-state index in [1.807, 2.05) is 52.3 Å². The Bertz CT molecular complexity index is 1630. The average molecular weight is 544 g/mol. The third-order valence-corrected chi connectivity index (χ3v) is 6.84. The van der Waals surface area contributed by atoms with Crippen LogP contribution in [0.15, 0.2) is 29.3 Å². The van der Waals surface area contributed by atoms with Gasteiger partial charge in [0.05, 0.1) is 16.5 Å². The molecule has 4 aromatic heterocycles. The van der Waals surface area contributed by atoms with Crippen LogP contribution in [0.25, 0.3) is 39.4 Å². The summed E-state index contributed by atoms with van der Waals surface area (Å²) in [6, 6.07) is 0. The Balaban J connectivity index is 1.37. The van der Waals surface area contributed by atoms with Gasteiger partial charge in [0, 0.05) is 37.0 Å². The summed E-state index contributed by atoms with van der Waals surface area (Å²) < 4.78 is 13.2. The van der Waals surface area contributed by atoms with Crippen LogP contribution in [-0.4, -0.2) is 64.6 Å². The molecule has 208 valence electrons. The predicted octanol–water partition coefficient (Wildman–Crippen LogP) is 4.79. The number of amides is 1. The lowest BCUT2D eigenvalue weighted by molar-refractivity contribution is 0.0306. The first-order valence-corrected chi connectivity index (χ1v) is 13.4. The Labute approximate surface area is 231 Å². The molecular weight excluding hydrogens is 510 g/mol. The maximum absolute atomic E-state index is 12.5. The Morgan fingerprint density at radius 2 is 1.77 bits per heavy atom. The third-order valence-electron chi connectivity index (χ3n) is 6.84. The molecule has 5 heterocycles. The predicted molar refractivity (Wildman–Crippen MR) is 149 cm³/mol. The SMILES string of the molecule is CC(C)(C)OC(=O)N1CC=C(c2cnc(-c3c(-c4nn(C(C)(C)C)c5ncnc(N)c45)noc3C3CC3)nc2)C1. The average Bonchev–Trinajstić information content (AvgIpc) is 3.28. The Morgan fingerprint density at radius 3 is 2.42 bits per heavy atom. The number of nitrogens with zero attached hydrogens (tertiary/aromatic N) is 8. The zero-order chi connectivity index (χ0) is 28.4. The Hall–Kier alpha value is -4.35. The van der Waals surface area contributed by atoms with Gasteiger partial charge in [0.15, 0.2) is 17.2 Å². The fourth-order valence-corrected chi connectivity index (χ4v) is 4.77. The summed E-state index contributed by atoms with van der Waals surface area (Å²) in [4.78, 5) is 32.3. The highest BCUT2D eigenvalue weighted by molar-refractivity contribution is 6.00. The minimum atomic E-state index is -0.551. The molecule has 0 radical (unpaired) electrons. The van der Waals surface area contributed by atoms with Gasteiger partial charge in [-0.25, -0.2) is 29.4 Å². The van der Waals surface area contributed by atoms with E-state index in [2.05, 4.69) is 15.1 Å². The number of carbonyl (C=O) groups is 1. The summed E-state index contributed by atoms with van der Waals surface area (Å²) >= 11 is 0. The second-order valence-electron chi connectivity index (χ2n) is 12.3. The van der Waals surface area contributed by atoms with E-state index >= 15 is 0 Å². The summed E-state index contributed by atoms with van der Waals surface area (Å²) in [7, 11) is 0. The van der Waals surface area contributed by atoms with Gasteiger partial charge in [0.2, 0.25) is 0 Å². The van der Waals surface area contributed by atoms with Crippen LogP contribution >= 0.6 is 0 Å². The molecule has 6 rings (SSSR count). The molecular formula is C28H33N9O3. The van der Waals surface area contributed by atoms with Gasteiger partial charge < -0.3 is 19.9 Å². The molecule has 40 heavy (non-hydrogen) atoms. The smallest absolute Gasteiger partial charge is 0.410 e. The second kappa shape index (κ2) is 9.10. The highest BCUT2D eigenvalue weighted by atomic mass is 16.6. The zero-order valence-electron chi connectivity index (χ0n) is 23.6. The molecule has 0 unspecified atom stereocenters. The largest absolute Gasteiger partial charge is 0.444 e. The van der Waals surface area contributed by atoms with E-state index in [-0.39, 0.29) is 17.6 Å². The molecule has 4 aromatic rings. The first kappa shape index (κ1) is 25.9. The highest BCUT2D eigenvalue weighted by Gasteiger charge is 2.36. The maximum atomic E-state index is 12.5. The van der Waals surface area contributed by atoms with Crippen molar-refractivity contribution in [2.75, 3.05) is 18.8 Å². The fraction of sp³-hybridized carbons (Fsp3) is 0.464. The number of nitrogens with two attached hydrogens (primary N) is 1. The zero-order valence-corrected chi connectivity index (χ0v) is 23.6. The Morgan fingerprint density at radius 1 is 1.05 bits per heavy atom. The van der Waals surface area contributed by atoms with E-state index < -0.39 is 5.60 Å². The molecule has 1 fully saturated rings. The van der Waals surface area contributed by atoms with Gasteiger partial charge in [-0.2, -0.15) is 5.10 Å². The van der Waals surface area contributed by atoms with Crippen LogP contribution in [0.4, 0.5) is 10.6 Å². The number of fused-ring (bicyclic) bond motifs is 1.